The van der Waals surface area contributed by atoms with E-state index >= 15 is 0 Å². The van der Waals surface area contributed by atoms with Gasteiger partial charge in [0.25, 0.3) is 0 Å². The Labute approximate surface area is 206 Å². The van der Waals surface area contributed by atoms with E-state index in [2.05, 4.69) is 10.6 Å². The van der Waals surface area contributed by atoms with Crippen LogP contribution in [0.1, 0.15) is 16.9 Å². The summed E-state index contributed by atoms with van der Waals surface area (Å²) in [6.07, 6.45) is 2.45. The van der Waals surface area contributed by atoms with Crippen molar-refractivity contribution in [3.63, 3.8) is 0 Å². The minimum Gasteiger partial charge on any atom is -0.497 e. The van der Waals surface area contributed by atoms with Crippen LogP contribution in [0.2, 0.25) is 0 Å². The van der Waals surface area contributed by atoms with E-state index in [1.54, 1.807) is 27.6 Å². The number of nitrogens with one attached hydrogen (secondary N) is 2. The number of hydrogen-bond donors (Lipinski definition) is 2. The van der Waals surface area contributed by atoms with Crippen LogP contribution in [0.4, 0.5) is 0 Å². The van der Waals surface area contributed by atoms with E-state index in [1.807, 2.05) is 54.6 Å². The van der Waals surface area contributed by atoms with Crippen molar-refractivity contribution in [2.45, 2.75) is 19.5 Å². The Hall–Kier alpha value is -2.88. The van der Waals surface area contributed by atoms with Crippen LogP contribution >= 0.6 is 24.0 Å². The van der Waals surface area contributed by atoms with Crippen LogP contribution in [0.25, 0.3) is 0 Å². The lowest BCUT2D eigenvalue weighted by Crippen LogP contribution is -2.38. The number of aliphatic imine (C=N–C) groups is 1. The van der Waals surface area contributed by atoms with Crippen molar-refractivity contribution in [3.8, 4) is 17.2 Å². The molecule has 7 nitrogen and oxygen atoms in total. The lowest BCUT2D eigenvalue weighted by atomic mass is 10.2. The van der Waals surface area contributed by atoms with Gasteiger partial charge in [-0.3, -0.25) is 0 Å². The normalized spacial score (nSPS) is 10.8. The number of rotatable bonds is 10. The molecule has 0 unspecified atom stereocenters. The van der Waals surface area contributed by atoms with Crippen LogP contribution < -0.4 is 24.8 Å². The van der Waals surface area contributed by atoms with E-state index in [4.69, 9.17) is 23.6 Å². The predicted molar refractivity (Wildman–Crippen MR) is 136 cm³/mol. The molecule has 0 spiro atoms. The SMILES string of the molecule is COc1ccc(CN=C(NCCc2ccco2)NCc2ccc(OC)cc2OC)cc1.I. The molecule has 3 rings (SSSR count). The largest absolute Gasteiger partial charge is 0.497 e. The van der Waals surface area contributed by atoms with Gasteiger partial charge >= 0.3 is 0 Å². The lowest BCUT2D eigenvalue weighted by molar-refractivity contribution is 0.390. The Balaban J connectivity index is 0.00000363. The third kappa shape index (κ3) is 7.67. The maximum atomic E-state index is 5.50. The quantitative estimate of drug-likeness (QED) is 0.221. The molecular formula is C24H30IN3O4. The Kier molecular flexibility index (Phi) is 10.7. The smallest absolute Gasteiger partial charge is 0.191 e. The van der Waals surface area contributed by atoms with Crippen LogP contribution in [-0.2, 0) is 19.5 Å². The standard InChI is InChI=1S/C24H29N3O4.HI/c1-28-20-9-6-18(7-10-20)16-26-24(25-13-12-21-5-4-14-31-21)27-17-19-8-11-22(29-2)15-23(19)30-3;/h4-11,14-15H,12-13,16-17H2,1-3H3,(H2,25,26,27);1H. The fraction of sp³-hybridized carbons (Fsp3) is 0.292. The average molecular weight is 551 g/mol. The Morgan fingerprint density at radius 2 is 1.66 bits per heavy atom. The number of methoxy groups -OCH3 is 3. The van der Waals surface area contributed by atoms with Crippen molar-refractivity contribution < 1.29 is 18.6 Å². The summed E-state index contributed by atoms with van der Waals surface area (Å²) in [5.41, 5.74) is 2.10. The topological polar surface area (TPSA) is 77.2 Å². The summed E-state index contributed by atoms with van der Waals surface area (Å²) < 4.78 is 21.4. The van der Waals surface area contributed by atoms with Crippen LogP contribution in [0.3, 0.4) is 0 Å². The third-order valence-corrected chi connectivity index (χ3v) is 4.76. The summed E-state index contributed by atoms with van der Waals surface area (Å²) in [4.78, 5) is 4.73. The van der Waals surface area contributed by atoms with Gasteiger partial charge in [0.1, 0.15) is 23.0 Å². The lowest BCUT2D eigenvalue weighted by Gasteiger charge is -2.15. The molecule has 32 heavy (non-hydrogen) atoms. The zero-order valence-electron chi connectivity index (χ0n) is 18.6. The number of benzene rings is 2. The second-order valence-corrected chi connectivity index (χ2v) is 6.80. The molecule has 0 aliphatic rings. The summed E-state index contributed by atoms with van der Waals surface area (Å²) in [7, 11) is 4.95. The van der Waals surface area contributed by atoms with E-state index in [1.165, 1.54) is 0 Å². The minimum atomic E-state index is 0. The minimum absolute atomic E-state index is 0. The average Bonchev–Trinajstić information content (AvgIpc) is 3.34. The fourth-order valence-electron chi connectivity index (χ4n) is 3.01. The number of halogens is 1. The second-order valence-electron chi connectivity index (χ2n) is 6.80. The van der Waals surface area contributed by atoms with E-state index in [0.29, 0.717) is 25.6 Å². The maximum Gasteiger partial charge on any atom is 0.191 e. The second kappa shape index (κ2) is 13.5. The Bertz CT molecular complexity index is 960. The van der Waals surface area contributed by atoms with E-state index in [9.17, 15) is 0 Å². The van der Waals surface area contributed by atoms with E-state index in [-0.39, 0.29) is 24.0 Å². The molecule has 172 valence electrons. The number of guanidine groups is 1. The van der Waals surface area contributed by atoms with Crippen molar-refractivity contribution in [2.24, 2.45) is 4.99 Å². The molecule has 2 N–H and O–H groups in total. The van der Waals surface area contributed by atoms with E-state index < -0.39 is 0 Å². The molecule has 1 aromatic heterocycles. The first-order valence-electron chi connectivity index (χ1n) is 10.1. The van der Waals surface area contributed by atoms with Gasteiger partial charge in [-0.25, -0.2) is 4.99 Å². The number of nitrogens with zero attached hydrogens (tertiary/aromatic N) is 1. The zero-order chi connectivity index (χ0) is 21.9. The summed E-state index contributed by atoms with van der Waals surface area (Å²) >= 11 is 0. The molecule has 0 aliphatic heterocycles. The van der Waals surface area contributed by atoms with Gasteiger partial charge in [-0.15, -0.1) is 24.0 Å². The molecule has 0 bridgehead atoms. The first-order valence-corrected chi connectivity index (χ1v) is 10.1. The summed E-state index contributed by atoms with van der Waals surface area (Å²) in [5.74, 6) is 3.98. The summed E-state index contributed by atoms with van der Waals surface area (Å²) in [6, 6.07) is 17.5. The van der Waals surface area contributed by atoms with Crippen molar-refractivity contribution in [2.75, 3.05) is 27.9 Å². The van der Waals surface area contributed by atoms with Crippen LogP contribution in [-0.4, -0.2) is 33.8 Å². The van der Waals surface area contributed by atoms with Gasteiger partial charge in [0.2, 0.25) is 0 Å². The van der Waals surface area contributed by atoms with Gasteiger partial charge in [0.05, 0.1) is 34.1 Å². The summed E-state index contributed by atoms with van der Waals surface area (Å²) in [6.45, 7) is 1.80. The molecule has 3 aromatic rings. The zero-order valence-corrected chi connectivity index (χ0v) is 20.9. The first-order chi connectivity index (χ1) is 15.2. The summed E-state index contributed by atoms with van der Waals surface area (Å²) in [5, 5.41) is 6.75. The monoisotopic (exact) mass is 551 g/mol. The van der Waals surface area contributed by atoms with Gasteiger partial charge < -0.3 is 29.3 Å². The molecule has 0 saturated carbocycles. The van der Waals surface area contributed by atoms with Gasteiger partial charge in [0, 0.05) is 31.1 Å². The predicted octanol–water partition coefficient (Wildman–Crippen LogP) is 4.40. The van der Waals surface area contributed by atoms with Crippen LogP contribution in [0.15, 0.2) is 70.3 Å². The van der Waals surface area contributed by atoms with E-state index in [0.717, 1.165) is 40.6 Å². The highest BCUT2D eigenvalue weighted by atomic mass is 127. The molecule has 0 aliphatic carbocycles. The molecular weight excluding hydrogens is 521 g/mol. The number of hydrogen-bond acceptors (Lipinski definition) is 5. The van der Waals surface area contributed by atoms with Crippen molar-refractivity contribution in [1.82, 2.24) is 10.6 Å². The molecule has 0 fully saturated rings. The van der Waals surface area contributed by atoms with Crippen LogP contribution in [0, 0.1) is 0 Å². The van der Waals surface area contributed by atoms with Crippen LogP contribution in [0.5, 0.6) is 17.2 Å². The number of furan rings is 1. The highest BCUT2D eigenvalue weighted by Crippen LogP contribution is 2.24. The maximum absolute atomic E-state index is 5.50. The molecule has 2 aromatic carbocycles. The molecule has 0 atom stereocenters. The van der Waals surface area contributed by atoms with Gasteiger partial charge in [-0.1, -0.05) is 12.1 Å². The Morgan fingerprint density at radius 1 is 0.906 bits per heavy atom. The van der Waals surface area contributed by atoms with Gasteiger partial charge in [0.15, 0.2) is 5.96 Å². The highest BCUT2D eigenvalue weighted by Gasteiger charge is 2.07. The Morgan fingerprint density at radius 3 is 2.31 bits per heavy atom. The fourth-order valence-corrected chi connectivity index (χ4v) is 3.01. The highest BCUT2D eigenvalue weighted by molar-refractivity contribution is 14.0. The molecule has 0 amide bonds. The van der Waals surface area contributed by atoms with Crippen molar-refractivity contribution in [1.29, 1.82) is 0 Å². The molecule has 8 heteroatoms. The first kappa shape index (κ1) is 25.4. The molecule has 0 saturated heterocycles. The van der Waals surface area contributed by atoms with Crippen molar-refractivity contribution >= 4 is 29.9 Å². The van der Waals surface area contributed by atoms with Gasteiger partial charge in [-0.05, 0) is 42.0 Å². The van der Waals surface area contributed by atoms with Gasteiger partial charge in [-0.2, -0.15) is 0 Å². The third-order valence-electron chi connectivity index (χ3n) is 4.76. The molecule has 0 radical (unpaired) electrons. The number of ether oxygens (including phenoxy) is 3. The molecule has 1 heterocycles. The van der Waals surface area contributed by atoms with Crippen molar-refractivity contribution in [3.05, 3.63) is 77.7 Å².